The van der Waals surface area contributed by atoms with Gasteiger partial charge in [0.2, 0.25) is 0 Å². The largest absolute Gasteiger partial charge is 0.458 e. The summed E-state index contributed by atoms with van der Waals surface area (Å²) in [6.45, 7) is 0. The van der Waals surface area contributed by atoms with Gasteiger partial charge in [-0.05, 0) is 42.0 Å². The van der Waals surface area contributed by atoms with Gasteiger partial charge in [-0.1, -0.05) is 17.7 Å². The lowest BCUT2D eigenvalue weighted by Gasteiger charge is -2.08. The van der Waals surface area contributed by atoms with Crippen molar-refractivity contribution in [2.24, 2.45) is 0 Å². The van der Waals surface area contributed by atoms with E-state index in [9.17, 15) is 13.9 Å². The molecule has 1 atom stereocenters. The summed E-state index contributed by atoms with van der Waals surface area (Å²) in [6.07, 6.45) is -1.17. The van der Waals surface area contributed by atoms with Crippen molar-refractivity contribution in [3.63, 3.8) is 0 Å². The molecular weight excluding hydrogens is 286 g/mol. The van der Waals surface area contributed by atoms with Crippen molar-refractivity contribution in [1.82, 2.24) is 0 Å². The van der Waals surface area contributed by atoms with E-state index in [-0.39, 0.29) is 11.3 Å². The monoisotopic (exact) mass is 294 g/mol. The summed E-state index contributed by atoms with van der Waals surface area (Å²) in [6, 6.07) is 9.88. The molecule has 0 radical (unpaired) electrons. The van der Waals surface area contributed by atoms with Crippen molar-refractivity contribution in [3.05, 3.63) is 70.4 Å². The molecule has 1 unspecified atom stereocenters. The number of aliphatic hydroxyl groups is 1. The Hall–Kier alpha value is -1.91. The van der Waals surface area contributed by atoms with Crippen LogP contribution >= 0.6 is 11.6 Å². The first-order chi connectivity index (χ1) is 9.54. The number of halogens is 3. The van der Waals surface area contributed by atoms with Gasteiger partial charge in [-0.25, -0.2) is 8.78 Å². The van der Waals surface area contributed by atoms with Gasteiger partial charge in [-0.3, -0.25) is 0 Å². The molecule has 0 saturated carbocycles. The molecule has 0 amide bonds. The zero-order valence-corrected chi connectivity index (χ0v) is 10.9. The van der Waals surface area contributed by atoms with E-state index in [4.69, 9.17) is 16.0 Å². The molecule has 3 rings (SSSR count). The maximum Gasteiger partial charge on any atom is 0.159 e. The third kappa shape index (κ3) is 2.28. The number of rotatable bonds is 2. The third-order valence-electron chi connectivity index (χ3n) is 3.03. The normalized spacial score (nSPS) is 12.8. The number of hydrogen-bond donors (Lipinski definition) is 1. The minimum atomic E-state index is -1.17. The van der Waals surface area contributed by atoms with Gasteiger partial charge in [-0.2, -0.15) is 0 Å². The van der Waals surface area contributed by atoms with Crippen LogP contribution in [0.2, 0.25) is 5.02 Å². The first-order valence-electron chi connectivity index (χ1n) is 5.86. The molecule has 1 N–H and O–H groups in total. The Morgan fingerprint density at radius 3 is 2.55 bits per heavy atom. The quantitative estimate of drug-likeness (QED) is 0.757. The molecule has 0 aliphatic heterocycles. The van der Waals surface area contributed by atoms with Crippen LogP contribution in [0.4, 0.5) is 8.78 Å². The van der Waals surface area contributed by atoms with E-state index in [1.54, 1.807) is 24.3 Å². The van der Waals surface area contributed by atoms with Crippen LogP contribution in [0, 0.1) is 11.6 Å². The summed E-state index contributed by atoms with van der Waals surface area (Å²) in [5.74, 6) is -1.73. The predicted octanol–water partition coefficient (Wildman–Crippen LogP) is 4.45. The topological polar surface area (TPSA) is 33.4 Å². The summed E-state index contributed by atoms with van der Waals surface area (Å²) in [5.41, 5.74) is 0.778. The molecule has 0 aliphatic carbocycles. The van der Waals surface area contributed by atoms with Crippen LogP contribution in [0.5, 0.6) is 0 Å². The van der Waals surface area contributed by atoms with Gasteiger partial charge in [-0.15, -0.1) is 0 Å². The van der Waals surface area contributed by atoms with Gasteiger partial charge >= 0.3 is 0 Å². The van der Waals surface area contributed by atoms with Crippen molar-refractivity contribution in [1.29, 1.82) is 0 Å². The Morgan fingerprint density at radius 1 is 1.00 bits per heavy atom. The van der Waals surface area contributed by atoms with Crippen molar-refractivity contribution >= 4 is 22.6 Å². The van der Waals surface area contributed by atoms with Crippen LogP contribution < -0.4 is 0 Å². The number of furan rings is 1. The zero-order chi connectivity index (χ0) is 14.3. The fourth-order valence-electron chi connectivity index (χ4n) is 2.02. The fourth-order valence-corrected chi connectivity index (χ4v) is 2.20. The molecule has 2 nitrogen and oxygen atoms in total. The Balaban J connectivity index is 2.02. The first-order valence-corrected chi connectivity index (χ1v) is 6.24. The lowest BCUT2D eigenvalue weighted by Crippen LogP contribution is -1.99. The highest BCUT2D eigenvalue weighted by molar-refractivity contribution is 6.31. The molecule has 1 heterocycles. The Bertz CT molecular complexity index is 783. The van der Waals surface area contributed by atoms with E-state index in [0.717, 1.165) is 17.5 Å². The standard InChI is InChI=1S/C15H9ClF2O2/c16-10-2-4-13-9(5-10)7-14(20-13)15(19)8-1-3-11(17)12(18)6-8/h1-7,15,19H. The van der Waals surface area contributed by atoms with Crippen LogP contribution in [0.25, 0.3) is 11.0 Å². The highest BCUT2D eigenvalue weighted by atomic mass is 35.5. The molecule has 0 bridgehead atoms. The molecule has 20 heavy (non-hydrogen) atoms. The summed E-state index contributed by atoms with van der Waals surface area (Å²) in [7, 11) is 0. The van der Waals surface area contributed by atoms with Crippen LogP contribution in [0.1, 0.15) is 17.4 Å². The molecule has 0 fully saturated rings. The van der Waals surface area contributed by atoms with Gasteiger partial charge in [0.25, 0.3) is 0 Å². The summed E-state index contributed by atoms with van der Waals surface area (Å²) < 4.78 is 31.5. The lowest BCUT2D eigenvalue weighted by molar-refractivity contribution is 0.191. The molecule has 2 aromatic carbocycles. The van der Waals surface area contributed by atoms with Gasteiger partial charge in [0.05, 0.1) is 0 Å². The van der Waals surface area contributed by atoms with Crippen molar-refractivity contribution in [3.8, 4) is 0 Å². The number of aliphatic hydroxyl groups excluding tert-OH is 1. The van der Waals surface area contributed by atoms with Gasteiger partial charge in [0, 0.05) is 10.4 Å². The van der Waals surface area contributed by atoms with Crippen LogP contribution in [0.15, 0.2) is 46.9 Å². The minimum Gasteiger partial charge on any atom is -0.458 e. The van der Waals surface area contributed by atoms with E-state index in [0.29, 0.717) is 10.6 Å². The average Bonchev–Trinajstić information content (AvgIpc) is 2.84. The smallest absolute Gasteiger partial charge is 0.159 e. The molecule has 1 aromatic heterocycles. The average molecular weight is 295 g/mol. The SMILES string of the molecule is OC(c1ccc(F)c(F)c1)c1cc2cc(Cl)ccc2o1. The van der Waals surface area contributed by atoms with E-state index in [2.05, 4.69) is 0 Å². The maximum absolute atomic E-state index is 13.2. The molecule has 102 valence electrons. The highest BCUT2D eigenvalue weighted by Crippen LogP contribution is 2.30. The second-order valence-corrected chi connectivity index (χ2v) is 4.84. The molecule has 5 heteroatoms. The van der Waals surface area contributed by atoms with Gasteiger partial charge < -0.3 is 9.52 Å². The summed E-state index contributed by atoms with van der Waals surface area (Å²) >= 11 is 5.87. The second-order valence-electron chi connectivity index (χ2n) is 4.41. The maximum atomic E-state index is 13.2. The Morgan fingerprint density at radius 2 is 1.80 bits per heavy atom. The molecule has 0 spiro atoms. The fraction of sp³-hybridized carbons (Fsp3) is 0.0667. The van der Waals surface area contributed by atoms with Crippen molar-refractivity contribution < 1.29 is 18.3 Å². The third-order valence-corrected chi connectivity index (χ3v) is 3.26. The minimum absolute atomic E-state index is 0.217. The van der Waals surface area contributed by atoms with E-state index >= 15 is 0 Å². The highest BCUT2D eigenvalue weighted by Gasteiger charge is 2.17. The van der Waals surface area contributed by atoms with Crippen LogP contribution in [-0.4, -0.2) is 5.11 Å². The van der Waals surface area contributed by atoms with E-state index in [1.165, 1.54) is 6.07 Å². The zero-order valence-electron chi connectivity index (χ0n) is 10.1. The van der Waals surface area contributed by atoms with E-state index in [1.807, 2.05) is 0 Å². The first kappa shape index (κ1) is 13.1. The number of fused-ring (bicyclic) bond motifs is 1. The molecule has 3 aromatic rings. The lowest BCUT2D eigenvalue weighted by atomic mass is 10.1. The summed E-state index contributed by atoms with van der Waals surface area (Å²) in [5, 5.41) is 11.4. The Kier molecular flexibility index (Phi) is 3.20. The Labute approximate surface area is 118 Å². The van der Waals surface area contributed by atoms with Gasteiger partial charge in [0.1, 0.15) is 17.4 Å². The number of benzene rings is 2. The second kappa shape index (κ2) is 4.89. The number of hydrogen-bond acceptors (Lipinski definition) is 2. The van der Waals surface area contributed by atoms with Crippen LogP contribution in [0.3, 0.4) is 0 Å². The molecule has 0 saturated heterocycles. The molecule has 0 aliphatic rings. The van der Waals surface area contributed by atoms with Crippen molar-refractivity contribution in [2.45, 2.75) is 6.10 Å². The predicted molar refractivity (Wildman–Crippen MR) is 71.6 cm³/mol. The molecular formula is C15H9ClF2O2. The van der Waals surface area contributed by atoms with Crippen LogP contribution in [-0.2, 0) is 0 Å². The summed E-state index contributed by atoms with van der Waals surface area (Å²) in [4.78, 5) is 0. The van der Waals surface area contributed by atoms with E-state index < -0.39 is 17.7 Å². The van der Waals surface area contributed by atoms with Crippen molar-refractivity contribution in [2.75, 3.05) is 0 Å². The van der Waals surface area contributed by atoms with Gasteiger partial charge in [0.15, 0.2) is 11.6 Å².